The highest BCUT2D eigenvalue weighted by Crippen LogP contribution is 2.28. The SMILES string of the molecule is CC1CCC(=O)C(Cc2cscn2)C1. The lowest BCUT2D eigenvalue weighted by Crippen LogP contribution is -2.25. The van der Waals surface area contributed by atoms with Gasteiger partial charge in [-0.2, -0.15) is 0 Å². The zero-order chi connectivity index (χ0) is 9.97. The second-order valence-electron chi connectivity index (χ2n) is 4.23. The van der Waals surface area contributed by atoms with E-state index in [1.165, 1.54) is 0 Å². The van der Waals surface area contributed by atoms with Crippen molar-refractivity contribution in [2.24, 2.45) is 11.8 Å². The highest BCUT2D eigenvalue weighted by atomic mass is 32.1. The minimum absolute atomic E-state index is 0.237. The van der Waals surface area contributed by atoms with Crippen LogP contribution in [0.5, 0.6) is 0 Å². The molecule has 2 unspecified atom stereocenters. The maximum absolute atomic E-state index is 11.6. The number of aromatic nitrogens is 1. The zero-order valence-electron chi connectivity index (χ0n) is 8.40. The third-order valence-electron chi connectivity index (χ3n) is 2.96. The highest BCUT2D eigenvalue weighted by molar-refractivity contribution is 7.07. The van der Waals surface area contributed by atoms with Gasteiger partial charge in [0.05, 0.1) is 11.2 Å². The number of carbonyl (C=O) groups is 1. The fourth-order valence-electron chi connectivity index (χ4n) is 2.12. The van der Waals surface area contributed by atoms with E-state index < -0.39 is 0 Å². The summed E-state index contributed by atoms with van der Waals surface area (Å²) in [5, 5.41) is 2.05. The molecule has 1 aromatic rings. The van der Waals surface area contributed by atoms with Gasteiger partial charge in [-0.1, -0.05) is 6.92 Å². The van der Waals surface area contributed by atoms with E-state index in [2.05, 4.69) is 11.9 Å². The van der Waals surface area contributed by atoms with Crippen molar-refractivity contribution in [1.29, 1.82) is 0 Å². The van der Waals surface area contributed by atoms with Crippen molar-refractivity contribution >= 4 is 17.1 Å². The van der Waals surface area contributed by atoms with Crippen molar-refractivity contribution in [2.75, 3.05) is 0 Å². The zero-order valence-corrected chi connectivity index (χ0v) is 9.22. The molecule has 2 atom stereocenters. The summed E-state index contributed by atoms with van der Waals surface area (Å²) in [5.41, 5.74) is 2.92. The number of rotatable bonds is 2. The molecule has 0 amide bonds. The van der Waals surface area contributed by atoms with Crippen LogP contribution in [0, 0.1) is 11.8 Å². The molecular formula is C11H15NOS. The lowest BCUT2D eigenvalue weighted by Gasteiger charge is -2.24. The molecule has 0 bridgehead atoms. The molecule has 3 heteroatoms. The van der Waals surface area contributed by atoms with Crippen molar-refractivity contribution in [3.05, 3.63) is 16.6 Å². The molecule has 1 aromatic heterocycles. The monoisotopic (exact) mass is 209 g/mol. The topological polar surface area (TPSA) is 30.0 Å². The van der Waals surface area contributed by atoms with Gasteiger partial charge in [-0.3, -0.25) is 4.79 Å². The molecule has 14 heavy (non-hydrogen) atoms. The fourth-order valence-corrected chi connectivity index (χ4v) is 2.69. The van der Waals surface area contributed by atoms with Crippen LogP contribution >= 0.6 is 11.3 Å². The van der Waals surface area contributed by atoms with E-state index in [9.17, 15) is 4.79 Å². The molecule has 1 heterocycles. The van der Waals surface area contributed by atoms with E-state index in [0.29, 0.717) is 11.7 Å². The Kier molecular flexibility index (Phi) is 2.96. The van der Waals surface area contributed by atoms with Gasteiger partial charge in [0.15, 0.2) is 0 Å². The van der Waals surface area contributed by atoms with Crippen molar-refractivity contribution in [1.82, 2.24) is 4.98 Å². The standard InChI is InChI=1S/C11H15NOS/c1-8-2-3-11(13)9(4-8)5-10-6-14-7-12-10/h6-9H,2-5H2,1H3. The Balaban J connectivity index is 1.99. The molecule has 2 nitrogen and oxygen atoms in total. The number of hydrogen-bond acceptors (Lipinski definition) is 3. The Hall–Kier alpha value is -0.700. The van der Waals surface area contributed by atoms with Gasteiger partial charge in [-0.15, -0.1) is 11.3 Å². The van der Waals surface area contributed by atoms with Crippen LogP contribution in [0.4, 0.5) is 0 Å². The molecule has 0 N–H and O–H groups in total. The number of Topliss-reactive ketones (excluding diaryl/α,β-unsaturated/α-hetero) is 1. The summed E-state index contributed by atoms with van der Waals surface area (Å²) < 4.78 is 0. The summed E-state index contributed by atoms with van der Waals surface area (Å²) in [6, 6.07) is 0. The first-order valence-corrected chi connectivity index (χ1v) is 6.09. The Morgan fingerprint density at radius 1 is 1.64 bits per heavy atom. The van der Waals surface area contributed by atoms with E-state index >= 15 is 0 Å². The lowest BCUT2D eigenvalue weighted by atomic mass is 9.79. The number of carbonyl (C=O) groups excluding carboxylic acids is 1. The van der Waals surface area contributed by atoms with Gasteiger partial charge in [-0.25, -0.2) is 4.98 Å². The minimum Gasteiger partial charge on any atom is -0.299 e. The predicted molar refractivity (Wildman–Crippen MR) is 57.3 cm³/mol. The van der Waals surface area contributed by atoms with Crippen molar-refractivity contribution < 1.29 is 4.79 Å². The molecule has 1 fully saturated rings. The second kappa shape index (κ2) is 4.22. The first-order chi connectivity index (χ1) is 6.75. The molecule has 0 spiro atoms. The van der Waals surface area contributed by atoms with Crippen LogP contribution in [0.2, 0.25) is 0 Å². The fraction of sp³-hybridized carbons (Fsp3) is 0.636. The Bertz CT molecular complexity index is 307. The molecule has 1 aliphatic rings. The third-order valence-corrected chi connectivity index (χ3v) is 3.60. The molecule has 1 saturated carbocycles. The van der Waals surface area contributed by atoms with Crippen molar-refractivity contribution in [2.45, 2.75) is 32.6 Å². The molecule has 76 valence electrons. The van der Waals surface area contributed by atoms with Crippen LogP contribution in [-0.4, -0.2) is 10.8 Å². The van der Waals surface area contributed by atoms with Gasteiger partial charge in [0.2, 0.25) is 0 Å². The highest BCUT2D eigenvalue weighted by Gasteiger charge is 2.26. The minimum atomic E-state index is 0.237. The van der Waals surface area contributed by atoms with Gasteiger partial charge < -0.3 is 0 Å². The summed E-state index contributed by atoms with van der Waals surface area (Å²) in [6.07, 6.45) is 3.76. The normalized spacial score (nSPS) is 27.9. The van der Waals surface area contributed by atoms with Crippen molar-refractivity contribution in [3.63, 3.8) is 0 Å². The van der Waals surface area contributed by atoms with Crippen LogP contribution in [0.15, 0.2) is 10.9 Å². The molecule has 0 aromatic carbocycles. The quantitative estimate of drug-likeness (QED) is 0.749. The van der Waals surface area contributed by atoms with E-state index in [4.69, 9.17) is 0 Å². The number of ketones is 1. The molecule has 0 aliphatic heterocycles. The van der Waals surface area contributed by atoms with Crippen LogP contribution in [0.25, 0.3) is 0 Å². The molecule has 2 rings (SSSR count). The number of thiazole rings is 1. The summed E-state index contributed by atoms with van der Waals surface area (Å²) in [6.45, 7) is 2.24. The second-order valence-corrected chi connectivity index (χ2v) is 4.95. The molecular weight excluding hydrogens is 194 g/mol. The Labute approximate surface area is 88.4 Å². The smallest absolute Gasteiger partial charge is 0.136 e. The molecule has 0 radical (unpaired) electrons. The van der Waals surface area contributed by atoms with Crippen LogP contribution in [-0.2, 0) is 11.2 Å². The lowest BCUT2D eigenvalue weighted by molar-refractivity contribution is -0.125. The predicted octanol–water partition coefficient (Wildman–Crippen LogP) is 2.69. The van der Waals surface area contributed by atoms with Crippen LogP contribution < -0.4 is 0 Å². The van der Waals surface area contributed by atoms with E-state index in [1.54, 1.807) is 11.3 Å². The summed E-state index contributed by atoms with van der Waals surface area (Å²) in [5.74, 6) is 1.38. The van der Waals surface area contributed by atoms with Crippen molar-refractivity contribution in [3.8, 4) is 0 Å². The van der Waals surface area contributed by atoms with E-state index in [1.807, 2.05) is 10.9 Å². The average molecular weight is 209 g/mol. The maximum Gasteiger partial charge on any atom is 0.136 e. The summed E-state index contributed by atoms with van der Waals surface area (Å²) >= 11 is 1.61. The van der Waals surface area contributed by atoms with Gasteiger partial charge in [-0.05, 0) is 18.8 Å². The third kappa shape index (κ3) is 2.21. The summed E-state index contributed by atoms with van der Waals surface area (Å²) in [4.78, 5) is 15.9. The molecule has 1 aliphatic carbocycles. The van der Waals surface area contributed by atoms with Gasteiger partial charge in [0.25, 0.3) is 0 Å². The van der Waals surface area contributed by atoms with E-state index in [-0.39, 0.29) is 5.92 Å². The van der Waals surface area contributed by atoms with E-state index in [0.717, 1.165) is 31.4 Å². The average Bonchev–Trinajstić information content (AvgIpc) is 2.64. The Morgan fingerprint density at radius 2 is 2.50 bits per heavy atom. The van der Waals surface area contributed by atoms with Crippen LogP contribution in [0.3, 0.4) is 0 Å². The number of hydrogen-bond donors (Lipinski definition) is 0. The summed E-state index contributed by atoms with van der Waals surface area (Å²) in [7, 11) is 0. The first-order valence-electron chi connectivity index (χ1n) is 5.15. The largest absolute Gasteiger partial charge is 0.299 e. The first kappa shape index (κ1) is 9.84. The molecule has 0 saturated heterocycles. The van der Waals surface area contributed by atoms with Gasteiger partial charge in [0, 0.05) is 24.1 Å². The maximum atomic E-state index is 11.6. The van der Waals surface area contributed by atoms with Gasteiger partial charge in [0.1, 0.15) is 5.78 Å². The number of nitrogens with zero attached hydrogens (tertiary/aromatic N) is 1. The Morgan fingerprint density at radius 3 is 3.21 bits per heavy atom. The van der Waals surface area contributed by atoms with Gasteiger partial charge >= 0.3 is 0 Å². The van der Waals surface area contributed by atoms with Crippen LogP contribution in [0.1, 0.15) is 31.9 Å².